The van der Waals surface area contributed by atoms with E-state index in [0.717, 1.165) is 50.2 Å². The van der Waals surface area contributed by atoms with Crippen LogP contribution in [0.5, 0.6) is 0 Å². The Morgan fingerprint density at radius 3 is 2.44 bits per heavy atom. The number of nitrogens with zero attached hydrogens (tertiary/aromatic N) is 1. The highest BCUT2D eigenvalue weighted by molar-refractivity contribution is 6.30. The first kappa shape index (κ1) is 20.2. The van der Waals surface area contributed by atoms with Crippen molar-refractivity contribution in [3.63, 3.8) is 0 Å². The molecule has 1 atom stereocenters. The molecule has 2 fully saturated rings. The van der Waals surface area contributed by atoms with Gasteiger partial charge in [-0.25, -0.2) is 0 Å². The fraction of sp³-hybridized carbons (Fsp3) is 0.636. The zero-order valence-corrected chi connectivity index (χ0v) is 17.2. The van der Waals surface area contributed by atoms with Gasteiger partial charge in [0.1, 0.15) is 0 Å². The highest BCUT2D eigenvalue weighted by atomic mass is 35.5. The standard InChI is InChI=1S/C22H31ClN2O2/c1-22(2)15-25(14-12-19(22)16-7-9-18(23)10-8-16)20(26)11-13-24-21(27)17-5-3-4-6-17/h7-10,17,19H,3-6,11-15H2,1-2H3,(H,24,27). The molecule has 2 aliphatic rings. The van der Waals surface area contributed by atoms with E-state index in [-0.39, 0.29) is 23.1 Å². The minimum absolute atomic E-state index is 0.00876. The molecule has 0 aromatic heterocycles. The number of hydrogen-bond donors (Lipinski definition) is 1. The van der Waals surface area contributed by atoms with E-state index < -0.39 is 0 Å². The third-order valence-corrected chi connectivity index (χ3v) is 6.47. The number of halogens is 1. The molecule has 0 spiro atoms. The average molecular weight is 391 g/mol. The minimum Gasteiger partial charge on any atom is -0.355 e. The van der Waals surface area contributed by atoms with Gasteiger partial charge in [0.15, 0.2) is 0 Å². The number of rotatable bonds is 5. The fourth-order valence-electron chi connectivity index (χ4n) is 4.67. The van der Waals surface area contributed by atoms with E-state index in [1.165, 1.54) is 5.56 Å². The lowest BCUT2D eigenvalue weighted by Crippen LogP contribution is -2.48. The van der Waals surface area contributed by atoms with Gasteiger partial charge in [-0.15, -0.1) is 0 Å². The molecule has 148 valence electrons. The molecule has 1 unspecified atom stereocenters. The zero-order valence-electron chi connectivity index (χ0n) is 16.5. The van der Waals surface area contributed by atoms with Crippen molar-refractivity contribution in [2.45, 2.75) is 58.3 Å². The van der Waals surface area contributed by atoms with Gasteiger partial charge in [0.25, 0.3) is 0 Å². The van der Waals surface area contributed by atoms with Crippen molar-refractivity contribution in [1.82, 2.24) is 10.2 Å². The predicted molar refractivity (Wildman–Crippen MR) is 109 cm³/mol. The van der Waals surface area contributed by atoms with Gasteiger partial charge < -0.3 is 10.2 Å². The smallest absolute Gasteiger partial charge is 0.224 e. The molecule has 27 heavy (non-hydrogen) atoms. The quantitative estimate of drug-likeness (QED) is 0.811. The topological polar surface area (TPSA) is 49.4 Å². The van der Waals surface area contributed by atoms with Gasteiger partial charge in [0, 0.05) is 37.0 Å². The SMILES string of the molecule is CC1(C)CN(C(=O)CCNC(=O)C2CCCC2)CCC1c1ccc(Cl)cc1. The first-order valence-corrected chi connectivity index (χ1v) is 10.6. The summed E-state index contributed by atoms with van der Waals surface area (Å²) in [6.07, 6.45) is 5.62. The Morgan fingerprint density at radius 1 is 1.15 bits per heavy atom. The van der Waals surface area contributed by atoms with Crippen LogP contribution in [-0.4, -0.2) is 36.3 Å². The van der Waals surface area contributed by atoms with Crippen molar-refractivity contribution >= 4 is 23.4 Å². The third kappa shape index (κ3) is 5.04. The van der Waals surface area contributed by atoms with Crippen molar-refractivity contribution in [2.24, 2.45) is 11.3 Å². The Balaban J connectivity index is 1.49. The number of benzene rings is 1. The minimum atomic E-state index is 0.00876. The monoisotopic (exact) mass is 390 g/mol. The van der Waals surface area contributed by atoms with Crippen molar-refractivity contribution in [1.29, 1.82) is 0 Å². The van der Waals surface area contributed by atoms with Gasteiger partial charge in [-0.05, 0) is 48.3 Å². The third-order valence-electron chi connectivity index (χ3n) is 6.22. The highest BCUT2D eigenvalue weighted by Gasteiger charge is 2.38. The number of nitrogens with one attached hydrogen (secondary N) is 1. The summed E-state index contributed by atoms with van der Waals surface area (Å²) in [5.74, 6) is 0.849. The number of amides is 2. The second-order valence-electron chi connectivity index (χ2n) is 8.72. The average Bonchev–Trinajstić information content (AvgIpc) is 3.16. The van der Waals surface area contributed by atoms with Crippen LogP contribution in [0.4, 0.5) is 0 Å². The molecule has 1 aliphatic heterocycles. The lowest BCUT2D eigenvalue weighted by molar-refractivity contribution is -0.134. The predicted octanol–water partition coefficient (Wildman–Crippen LogP) is 4.38. The summed E-state index contributed by atoms with van der Waals surface area (Å²) in [7, 11) is 0. The number of piperidine rings is 1. The molecule has 0 radical (unpaired) electrons. The van der Waals surface area contributed by atoms with Gasteiger partial charge in [-0.2, -0.15) is 0 Å². The highest BCUT2D eigenvalue weighted by Crippen LogP contribution is 2.42. The van der Waals surface area contributed by atoms with E-state index in [2.05, 4.69) is 31.3 Å². The maximum absolute atomic E-state index is 12.6. The summed E-state index contributed by atoms with van der Waals surface area (Å²) < 4.78 is 0. The van der Waals surface area contributed by atoms with Gasteiger partial charge in [-0.3, -0.25) is 9.59 Å². The van der Waals surface area contributed by atoms with Crippen molar-refractivity contribution < 1.29 is 9.59 Å². The number of hydrogen-bond acceptors (Lipinski definition) is 2. The normalized spacial score (nSPS) is 22.6. The summed E-state index contributed by atoms with van der Waals surface area (Å²) >= 11 is 6.02. The first-order valence-electron chi connectivity index (χ1n) is 10.2. The Kier molecular flexibility index (Phi) is 6.46. The second kappa shape index (κ2) is 8.64. The Hall–Kier alpha value is -1.55. The molecule has 1 saturated carbocycles. The molecular weight excluding hydrogens is 360 g/mol. The Labute approximate surface area is 167 Å². The van der Waals surface area contributed by atoms with Crippen LogP contribution < -0.4 is 5.32 Å². The summed E-state index contributed by atoms with van der Waals surface area (Å²) in [5, 5.41) is 3.71. The molecular formula is C22H31ClN2O2. The maximum Gasteiger partial charge on any atom is 0.224 e. The molecule has 0 bridgehead atoms. The molecule has 1 heterocycles. The van der Waals surface area contributed by atoms with E-state index in [9.17, 15) is 9.59 Å². The number of likely N-dealkylation sites (tertiary alicyclic amines) is 1. The number of carbonyl (C=O) groups excluding carboxylic acids is 2. The van der Waals surface area contributed by atoms with Gasteiger partial charge in [-0.1, -0.05) is 50.4 Å². The Morgan fingerprint density at radius 2 is 1.81 bits per heavy atom. The largest absolute Gasteiger partial charge is 0.355 e. The lowest BCUT2D eigenvalue weighted by atomic mass is 9.70. The van der Waals surface area contributed by atoms with Crippen LogP contribution in [0.2, 0.25) is 5.02 Å². The summed E-state index contributed by atoms with van der Waals surface area (Å²) in [5.41, 5.74) is 1.30. The number of carbonyl (C=O) groups is 2. The van der Waals surface area contributed by atoms with E-state index in [1.807, 2.05) is 17.0 Å². The van der Waals surface area contributed by atoms with Crippen LogP contribution in [0.15, 0.2) is 24.3 Å². The molecule has 1 N–H and O–H groups in total. The van der Waals surface area contributed by atoms with E-state index in [0.29, 0.717) is 18.9 Å². The second-order valence-corrected chi connectivity index (χ2v) is 9.16. The summed E-state index contributed by atoms with van der Waals surface area (Å²) in [4.78, 5) is 26.7. The maximum atomic E-state index is 12.6. The van der Waals surface area contributed by atoms with Gasteiger partial charge in [0.05, 0.1) is 0 Å². The van der Waals surface area contributed by atoms with Gasteiger partial charge in [0.2, 0.25) is 11.8 Å². The van der Waals surface area contributed by atoms with Crippen molar-refractivity contribution in [3.05, 3.63) is 34.9 Å². The van der Waals surface area contributed by atoms with Crippen LogP contribution in [-0.2, 0) is 9.59 Å². The van der Waals surface area contributed by atoms with E-state index in [4.69, 9.17) is 11.6 Å². The molecule has 1 aliphatic carbocycles. The molecule has 1 saturated heterocycles. The zero-order chi connectivity index (χ0) is 19.4. The van der Waals surface area contributed by atoms with Crippen molar-refractivity contribution in [2.75, 3.05) is 19.6 Å². The molecule has 1 aromatic rings. The molecule has 2 amide bonds. The van der Waals surface area contributed by atoms with Crippen LogP contribution in [0.25, 0.3) is 0 Å². The van der Waals surface area contributed by atoms with Crippen LogP contribution in [0.1, 0.15) is 63.9 Å². The summed E-state index contributed by atoms with van der Waals surface area (Å²) in [6.45, 7) is 6.43. The fourth-order valence-corrected chi connectivity index (χ4v) is 4.79. The van der Waals surface area contributed by atoms with Gasteiger partial charge >= 0.3 is 0 Å². The molecule has 5 heteroatoms. The molecule has 4 nitrogen and oxygen atoms in total. The Bertz CT molecular complexity index is 665. The molecule has 3 rings (SSSR count). The van der Waals surface area contributed by atoms with Crippen LogP contribution >= 0.6 is 11.6 Å². The van der Waals surface area contributed by atoms with E-state index in [1.54, 1.807) is 0 Å². The summed E-state index contributed by atoms with van der Waals surface area (Å²) in [6, 6.07) is 8.09. The van der Waals surface area contributed by atoms with Crippen molar-refractivity contribution in [3.8, 4) is 0 Å². The van der Waals surface area contributed by atoms with E-state index >= 15 is 0 Å². The first-order chi connectivity index (χ1) is 12.9. The van der Waals surface area contributed by atoms with Crippen LogP contribution in [0, 0.1) is 11.3 Å². The molecule has 1 aromatic carbocycles. The van der Waals surface area contributed by atoms with Crippen LogP contribution in [0.3, 0.4) is 0 Å². The lowest BCUT2D eigenvalue weighted by Gasteiger charge is -2.44.